The quantitative estimate of drug-likeness (QED) is 0.749. The molecule has 0 aliphatic carbocycles. The number of nitrogens with one attached hydrogen (secondary N) is 1. The molecule has 1 aliphatic rings. The third kappa shape index (κ3) is 3.36. The number of hydrogen-bond acceptors (Lipinski definition) is 4. The smallest absolute Gasteiger partial charge is 0.284 e. The molecule has 9 heteroatoms. The van der Waals surface area contributed by atoms with E-state index >= 15 is 0 Å². The van der Waals surface area contributed by atoms with Crippen LogP contribution in [0.5, 0.6) is 0 Å². The van der Waals surface area contributed by atoms with Gasteiger partial charge in [0.05, 0.1) is 23.0 Å². The molecule has 2 aromatic heterocycles. The van der Waals surface area contributed by atoms with Gasteiger partial charge in [-0.05, 0) is 30.2 Å². The summed E-state index contributed by atoms with van der Waals surface area (Å²) in [6, 6.07) is 10.1. The zero-order valence-electron chi connectivity index (χ0n) is 14.9. The number of hydrazine groups is 1. The Morgan fingerprint density at radius 2 is 1.75 bits per heavy atom. The Hall–Kier alpha value is -3.20. The lowest BCUT2D eigenvalue weighted by molar-refractivity contribution is -0.137. The molecule has 1 amide bonds. The molecule has 144 valence electrons. The number of hydrogen-bond donors (Lipinski definition) is 1. The van der Waals surface area contributed by atoms with Crippen LogP contribution in [0.4, 0.5) is 13.2 Å². The second-order valence-corrected chi connectivity index (χ2v) is 6.52. The van der Waals surface area contributed by atoms with Crippen LogP contribution in [0.15, 0.2) is 48.8 Å². The highest BCUT2D eigenvalue weighted by Gasteiger charge is 2.31. The topological polar surface area (TPSA) is 63.1 Å². The van der Waals surface area contributed by atoms with Crippen molar-refractivity contribution in [2.75, 3.05) is 0 Å². The molecule has 0 radical (unpaired) electrons. The number of pyridine rings is 1. The fourth-order valence-electron chi connectivity index (χ4n) is 3.16. The molecule has 4 rings (SSSR count). The molecule has 1 aromatic carbocycles. The molecule has 3 heterocycles. The van der Waals surface area contributed by atoms with Gasteiger partial charge in [-0.25, -0.2) is 14.7 Å². The monoisotopic (exact) mass is 387 g/mol. The van der Waals surface area contributed by atoms with Crippen molar-refractivity contribution in [2.45, 2.75) is 26.2 Å². The van der Waals surface area contributed by atoms with Crippen molar-refractivity contribution in [3.8, 4) is 5.82 Å². The predicted octanol–water partition coefficient (Wildman–Crippen LogP) is 3.26. The van der Waals surface area contributed by atoms with E-state index in [0.29, 0.717) is 24.3 Å². The molecule has 0 saturated carbocycles. The van der Waals surface area contributed by atoms with Gasteiger partial charge in [-0.2, -0.15) is 18.3 Å². The first-order valence-electron chi connectivity index (χ1n) is 8.54. The van der Waals surface area contributed by atoms with Crippen LogP contribution in [0.3, 0.4) is 0 Å². The summed E-state index contributed by atoms with van der Waals surface area (Å²) in [5.41, 5.74) is 5.14. The highest BCUT2D eigenvalue weighted by atomic mass is 19.4. The molecule has 1 aliphatic heterocycles. The fourth-order valence-corrected chi connectivity index (χ4v) is 3.16. The van der Waals surface area contributed by atoms with E-state index in [9.17, 15) is 18.0 Å². The number of carbonyl (C=O) groups is 1. The minimum Gasteiger partial charge on any atom is -0.284 e. The predicted molar refractivity (Wildman–Crippen MR) is 94.3 cm³/mol. The summed E-state index contributed by atoms with van der Waals surface area (Å²) >= 11 is 0. The Morgan fingerprint density at radius 3 is 2.32 bits per heavy atom. The van der Waals surface area contributed by atoms with Crippen LogP contribution in [0.1, 0.15) is 32.7 Å². The number of amides is 1. The molecule has 0 fully saturated rings. The second-order valence-electron chi connectivity index (χ2n) is 6.52. The van der Waals surface area contributed by atoms with Gasteiger partial charge in [0.25, 0.3) is 5.91 Å². The molecule has 0 bridgehead atoms. The summed E-state index contributed by atoms with van der Waals surface area (Å²) in [6.45, 7) is 2.88. The van der Waals surface area contributed by atoms with Gasteiger partial charge in [0.2, 0.25) is 0 Å². The molecule has 0 saturated heterocycles. The summed E-state index contributed by atoms with van der Waals surface area (Å²) in [5, 5.41) is 5.91. The van der Waals surface area contributed by atoms with Crippen molar-refractivity contribution >= 4 is 5.91 Å². The highest BCUT2D eigenvalue weighted by molar-refractivity contribution is 5.94. The number of nitrogens with zero attached hydrogens (tertiary/aromatic N) is 4. The van der Waals surface area contributed by atoms with Crippen molar-refractivity contribution < 1.29 is 18.0 Å². The first kappa shape index (κ1) is 18.2. The Bertz CT molecular complexity index is 1000. The Labute approximate surface area is 158 Å². The lowest BCUT2D eigenvalue weighted by Crippen LogP contribution is -2.38. The molecule has 0 unspecified atom stereocenters. The normalized spacial score (nSPS) is 14.1. The van der Waals surface area contributed by atoms with Gasteiger partial charge >= 0.3 is 6.18 Å². The van der Waals surface area contributed by atoms with Crippen molar-refractivity contribution in [2.24, 2.45) is 0 Å². The van der Waals surface area contributed by atoms with Gasteiger partial charge in [-0.3, -0.25) is 10.2 Å². The van der Waals surface area contributed by atoms with E-state index in [-0.39, 0.29) is 11.7 Å². The maximum Gasteiger partial charge on any atom is 0.417 e. The van der Waals surface area contributed by atoms with Gasteiger partial charge in [-0.1, -0.05) is 24.3 Å². The number of rotatable bonds is 3. The van der Waals surface area contributed by atoms with Crippen molar-refractivity contribution in [3.05, 3.63) is 76.7 Å². The van der Waals surface area contributed by atoms with E-state index in [4.69, 9.17) is 0 Å². The first-order valence-corrected chi connectivity index (χ1v) is 8.54. The first-order chi connectivity index (χ1) is 13.3. The number of alkyl halides is 3. The molecule has 1 N–H and O–H groups in total. The van der Waals surface area contributed by atoms with Gasteiger partial charge < -0.3 is 0 Å². The van der Waals surface area contributed by atoms with Crippen molar-refractivity contribution in [3.63, 3.8) is 0 Å². The number of halogens is 3. The molecule has 28 heavy (non-hydrogen) atoms. The third-order valence-electron chi connectivity index (χ3n) is 4.65. The second kappa shape index (κ2) is 6.75. The van der Waals surface area contributed by atoms with Crippen LogP contribution in [0, 0.1) is 6.92 Å². The molecule has 6 nitrogen and oxygen atoms in total. The molecular formula is C19H16F3N5O. The van der Waals surface area contributed by atoms with E-state index in [1.165, 1.54) is 16.9 Å². The van der Waals surface area contributed by atoms with Crippen LogP contribution < -0.4 is 5.43 Å². The van der Waals surface area contributed by atoms with Crippen LogP contribution >= 0.6 is 0 Å². The maximum absolute atomic E-state index is 12.7. The average molecular weight is 387 g/mol. The van der Waals surface area contributed by atoms with Crippen molar-refractivity contribution in [1.82, 2.24) is 25.2 Å². The molecule has 0 spiro atoms. The summed E-state index contributed by atoms with van der Waals surface area (Å²) < 4.78 is 39.4. The average Bonchev–Trinajstić information content (AvgIpc) is 3.23. The van der Waals surface area contributed by atoms with E-state index in [0.717, 1.165) is 23.4 Å². The molecular weight excluding hydrogens is 371 g/mol. The Morgan fingerprint density at radius 1 is 1.07 bits per heavy atom. The number of benzene rings is 1. The minimum atomic E-state index is -4.46. The zero-order chi connectivity index (χ0) is 19.9. The summed E-state index contributed by atoms with van der Waals surface area (Å²) in [5.74, 6) is -0.124. The van der Waals surface area contributed by atoms with E-state index in [1.54, 1.807) is 11.9 Å². The van der Waals surface area contributed by atoms with E-state index < -0.39 is 11.7 Å². The van der Waals surface area contributed by atoms with E-state index in [1.807, 2.05) is 24.3 Å². The standard InChI is InChI=1S/C19H16F3N5O/c1-12-16(18(28)25-26-10-13-4-2-3-5-14(13)11-26)9-24-27(12)17-7-6-15(8-23-17)19(20,21)22/h2-9H,10-11H2,1H3,(H,25,28). The Kier molecular flexibility index (Phi) is 4.38. The minimum absolute atomic E-state index is 0.207. The van der Waals surface area contributed by atoms with Crippen LogP contribution in [-0.4, -0.2) is 25.7 Å². The van der Waals surface area contributed by atoms with Crippen LogP contribution in [-0.2, 0) is 19.3 Å². The number of aromatic nitrogens is 3. The summed E-state index contributed by atoms with van der Waals surface area (Å²) in [6.07, 6.45) is -2.33. The van der Waals surface area contributed by atoms with Gasteiger partial charge in [0.15, 0.2) is 5.82 Å². The van der Waals surface area contributed by atoms with E-state index in [2.05, 4.69) is 15.5 Å². The largest absolute Gasteiger partial charge is 0.417 e. The van der Waals surface area contributed by atoms with Crippen molar-refractivity contribution in [1.29, 1.82) is 0 Å². The number of carbonyl (C=O) groups excluding carboxylic acids is 1. The third-order valence-corrected chi connectivity index (χ3v) is 4.65. The highest BCUT2D eigenvalue weighted by Crippen LogP contribution is 2.29. The van der Waals surface area contributed by atoms with Gasteiger partial charge in [0.1, 0.15) is 0 Å². The van der Waals surface area contributed by atoms with Crippen LogP contribution in [0.2, 0.25) is 0 Å². The summed E-state index contributed by atoms with van der Waals surface area (Å²) in [4.78, 5) is 16.4. The summed E-state index contributed by atoms with van der Waals surface area (Å²) in [7, 11) is 0. The zero-order valence-corrected chi connectivity index (χ0v) is 14.9. The van der Waals surface area contributed by atoms with Gasteiger partial charge in [-0.15, -0.1) is 0 Å². The van der Waals surface area contributed by atoms with Crippen LogP contribution in [0.25, 0.3) is 5.82 Å². The SMILES string of the molecule is Cc1c(C(=O)NN2Cc3ccccc3C2)cnn1-c1ccc(C(F)(F)F)cn1. The lowest BCUT2D eigenvalue weighted by atomic mass is 10.1. The fraction of sp³-hybridized carbons (Fsp3) is 0.211. The maximum atomic E-state index is 12.7. The Balaban J connectivity index is 1.50. The lowest BCUT2D eigenvalue weighted by Gasteiger charge is -2.16. The van der Waals surface area contributed by atoms with Gasteiger partial charge in [0, 0.05) is 19.3 Å². The molecule has 3 aromatic rings. The number of fused-ring (bicyclic) bond motifs is 1. The molecule has 0 atom stereocenters.